The van der Waals surface area contributed by atoms with Crippen molar-refractivity contribution >= 4 is 105 Å². The molecule has 0 saturated heterocycles. The summed E-state index contributed by atoms with van der Waals surface area (Å²) in [5.74, 6) is -4.39. The van der Waals surface area contributed by atoms with Gasteiger partial charge in [-0.05, 0) is 48.0 Å². The van der Waals surface area contributed by atoms with Crippen LogP contribution in [0.2, 0.25) is 20.1 Å². The van der Waals surface area contributed by atoms with E-state index in [2.05, 4.69) is 10.6 Å². The number of benzene rings is 3. The lowest BCUT2D eigenvalue weighted by atomic mass is 10.00. The smallest absolute Gasteiger partial charge is 0.384 e. The quantitative estimate of drug-likeness (QED) is 0.124. The van der Waals surface area contributed by atoms with Crippen molar-refractivity contribution in [1.82, 2.24) is 0 Å². The second kappa shape index (κ2) is 11.9. The summed E-state index contributed by atoms with van der Waals surface area (Å²) in [7, 11) is 0. The van der Waals surface area contributed by atoms with Crippen LogP contribution in [0, 0.1) is 11.2 Å². The summed E-state index contributed by atoms with van der Waals surface area (Å²) < 4.78 is 49.9. The Labute approximate surface area is 265 Å². The predicted octanol–water partition coefficient (Wildman–Crippen LogP) is 8.76. The first-order valence-corrected chi connectivity index (χ1v) is 13.8. The number of anilines is 3. The molecular weight excluding hydrogens is 691 g/mol. The van der Waals surface area contributed by atoms with Gasteiger partial charge in [-0.25, -0.2) is 4.39 Å². The third-order valence-electron chi connectivity index (χ3n) is 6.49. The second-order valence-electron chi connectivity index (χ2n) is 9.16. The fourth-order valence-electron chi connectivity index (χ4n) is 4.29. The highest BCUT2D eigenvalue weighted by Gasteiger charge is 2.76. The van der Waals surface area contributed by atoms with Crippen molar-refractivity contribution in [2.75, 3.05) is 22.5 Å². The summed E-state index contributed by atoms with van der Waals surface area (Å²) in [6, 6.07) is 10.4. The van der Waals surface area contributed by atoms with Gasteiger partial charge in [0.25, 0.3) is 5.91 Å². The molecule has 3 aromatic carbocycles. The van der Waals surface area contributed by atoms with Gasteiger partial charge in [0.05, 0.1) is 36.8 Å². The van der Waals surface area contributed by atoms with Crippen molar-refractivity contribution in [3.63, 3.8) is 0 Å². The Bertz CT molecular complexity index is 1580. The molecule has 16 heteroatoms. The zero-order valence-corrected chi connectivity index (χ0v) is 25.0. The number of nitrogens with one attached hydrogen (secondary N) is 3. The summed E-state index contributed by atoms with van der Waals surface area (Å²) in [4.78, 5) is 36.4. The maximum atomic E-state index is 13.6. The molecule has 3 aromatic rings. The van der Waals surface area contributed by atoms with Crippen LogP contribution in [0.1, 0.15) is 21.8 Å². The first-order chi connectivity index (χ1) is 19.5. The van der Waals surface area contributed by atoms with E-state index in [0.29, 0.717) is 17.5 Å². The van der Waals surface area contributed by atoms with E-state index >= 15 is 0 Å². The molecule has 1 saturated carbocycles. The normalized spacial score (nSPS) is 19.1. The molecule has 1 aliphatic rings. The van der Waals surface area contributed by atoms with Gasteiger partial charge in [0, 0.05) is 23.8 Å². The zero-order chi connectivity index (χ0) is 31.2. The van der Waals surface area contributed by atoms with Crippen LogP contribution in [-0.2, 0) is 9.59 Å². The molecule has 0 heterocycles. The minimum absolute atomic E-state index is 0.0119. The third-order valence-corrected chi connectivity index (χ3v) is 8.85. The van der Waals surface area contributed by atoms with E-state index in [0.717, 1.165) is 18.2 Å². The lowest BCUT2D eigenvalue weighted by Gasteiger charge is -2.16. The van der Waals surface area contributed by atoms with Crippen molar-refractivity contribution in [3.8, 4) is 0 Å². The van der Waals surface area contributed by atoms with Gasteiger partial charge >= 0.3 is 12.1 Å². The molecule has 1 fully saturated rings. The van der Waals surface area contributed by atoms with Gasteiger partial charge < -0.3 is 20.7 Å². The standard InChI is InChI=1S/C26H15Cl6F4N3O3/c27-15-3-2-12(37-9-24(10-40)21(25(24,31)32)11-1-4-19(33)16(28)5-11)6-14(15)22(41)38-13-7-17(29)20(18(30)8-13)39-23(42)26(34,35)36/h1-8,10,21,37H,9H2,(H,38,41)(H,39,42). The summed E-state index contributed by atoms with van der Waals surface area (Å²) in [5, 5.41) is 6.17. The minimum atomic E-state index is -5.18. The minimum Gasteiger partial charge on any atom is -0.384 e. The highest BCUT2D eigenvalue weighted by atomic mass is 35.5. The molecule has 2 atom stereocenters. The molecule has 0 aromatic heterocycles. The van der Waals surface area contributed by atoms with Crippen molar-refractivity contribution in [2.24, 2.45) is 5.41 Å². The monoisotopic (exact) mass is 703 g/mol. The molecular formula is C26H15Cl6F4N3O3. The zero-order valence-electron chi connectivity index (χ0n) is 20.5. The number of carbonyl (C=O) groups excluding carboxylic acids is 3. The van der Waals surface area contributed by atoms with Crippen LogP contribution in [0.25, 0.3) is 0 Å². The maximum Gasteiger partial charge on any atom is 0.471 e. The molecule has 222 valence electrons. The van der Waals surface area contributed by atoms with Crippen LogP contribution in [0.4, 0.5) is 34.6 Å². The molecule has 3 N–H and O–H groups in total. The van der Waals surface area contributed by atoms with Gasteiger partial charge in [-0.2, -0.15) is 13.2 Å². The molecule has 6 nitrogen and oxygen atoms in total. The van der Waals surface area contributed by atoms with Crippen molar-refractivity contribution in [3.05, 3.63) is 85.6 Å². The summed E-state index contributed by atoms with van der Waals surface area (Å²) in [5.41, 5.74) is -1.07. The van der Waals surface area contributed by atoms with E-state index in [-0.39, 0.29) is 37.9 Å². The van der Waals surface area contributed by atoms with Gasteiger partial charge in [0.2, 0.25) is 0 Å². The average molecular weight is 706 g/mol. The third kappa shape index (κ3) is 6.25. The number of amides is 2. The fraction of sp³-hybridized carbons (Fsp3) is 0.192. The largest absolute Gasteiger partial charge is 0.471 e. The van der Waals surface area contributed by atoms with Gasteiger partial charge in [-0.1, -0.05) is 75.7 Å². The van der Waals surface area contributed by atoms with E-state index in [1.807, 2.05) is 0 Å². The maximum absolute atomic E-state index is 13.6. The lowest BCUT2D eigenvalue weighted by Crippen LogP contribution is -2.30. The Morgan fingerprint density at radius 2 is 1.50 bits per heavy atom. The van der Waals surface area contributed by atoms with Crippen LogP contribution in [0.15, 0.2) is 48.5 Å². The SMILES string of the molecule is O=CC1(CNc2ccc(Cl)c(C(=O)Nc3cc(Cl)c(NC(=O)C(F)(F)F)c(Cl)c3)c2)C(c2ccc(F)c(Cl)c2)C1(Cl)Cl. The summed E-state index contributed by atoms with van der Waals surface area (Å²) >= 11 is 37.0. The molecule has 0 spiro atoms. The van der Waals surface area contributed by atoms with Crippen LogP contribution in [0.5, 0.6) is 0 Å². The molecule has 1 aliphatic carbocycles. The molecule has 2 amide bonds. The Morgan fingerprint density at radius 3 is 2.07 bits per heavy atom. The number of carbonyl (C=O) groups is 3. The second-order valence-corrected chi connectivity index (χ2v) is 12.2. The number of hydrogen-bond acceptors (Lipinski definition) is 4. The van der Waals surface area contributed by atoms with Crippen LogP contribution in [-0.4, -0.2) is 35.2 Å². The van der Waals surface area contributed by atoms with E-state index in [1.165, 1.54) is 30.3 Å². The van der Waals surface area contributed by atoms with E-state index in [1.54, 1.807) is 5.32 Å². The number of halogens is 10. The number of hydrogen-bond donors (Lipinski definition) is 3. The fourth-order valence-corrected chi connectivity index (χ4v) is 6.24. The van der Waals surface area contributed by atoms with E-state index in [9.17, 15) is 31.9 Å². The molecule has 42 heavy (non-hydrogen) atoms. The van der Waals surface area contributed by atoms with Crippen LogP contribution >= 0.6 is 69.6 Å². The number of aldehydes is 1. The van der Waals surface area contributed by atoms with Crippen molar-refractivity contribution < 1.29 is 31.9 Å². The van der Waals surface area contributed by atoms with Gasteiger partial charge in [-0.15, -0.1) is 0 Å². The average Bonchev–Trinajstić information content (AvgIpc) is 3.40. The predicted molar refractivity (Wildman–Crippen MR) is 156 cm³/mol. The first-order valence-electron chi connectivity index (χ1n) is 11.5. The molecule has 0 aliphatic heterocycles. The Balaban J connectivity index is 1.50. The van der Waals surface area contributed by atoms with Crippen LogP contribution < -0.4 is 16.0 Å². The van der Waals surface area contributed by atoms with Crippen molar-refractivity contribution in [1.29, 1.82) is 0 Å². The topological polar surface area (TPSA) is 87.3 Å². The molecule has 0 bridgehead atoms. The molecule has 0 radical (unpaired) electrons. The van der Waals surface area contributed by atoms with Gasteiger partial charge in [-0.3, -0.25) is 9.59 Å². The van der Waals surface area contributed by atoms with E-state index in [4.69, 9.17) is 69.6 Å². The summed E-state index contributed by atoms with van der Waals surface area (Å²) in [6.07, 6.45) is -4.58. The molecule has 4 rings (SSSR count). The lowest BCUT2D eigenvalue weighted by molar-refractivity contribution is -0.167. The van der Waals surface area contributed by atoms with Crippen molar-refractivity contribution in [2.45, 2.75) is 16.4 Å². The summed E-state index contributed by atoms with van der Waals surface area (Å²) in [6.45, 7) is -0.0812. The highest BCUT2D eigenvalue weighted by Crippen LogP contribution is 2.73. The van der Waals surface area contributed by atoms with Gasteiger partial charge in [0.1, 0.15) is 16.4 Å². The first kappa shape index (κ1) is 32.4. The molecule has 2 unspecified atom stereocenters. The Morgan fingerprint density at radius 1 is 0.857 bits per heavy atom. The van der Waals surface area contributed by atoms with Crippen LogP contribution in [0.3, 0.4) is 0 Å². The highest BCUT2D eigenvalue weighted by molar-refractivity contribution is 6.54. The Hall–Kier alpha value is -2.47. The van der Waals surface area contributed by atoms with Gasteiger partial charge in [0.15, 0.2) is 0 Å². The Kier molecular flexibility index (Phi) is 9.19. The number of alkyl halides is 5. The number of rotatable bonds is 8. The van der Waals surface area contributed by atoms with E-state index < -0.39 is 45.2 Å².